The van der Waals surface area contributed by atoms with Gasteiger partial charge in [-0.25, -0.2) is 0 Å². The number of fused-ring (bicyclic) bond motifs is 1. The first-order valence-corrected chi connectivity index (χ1v) is 10.6. The zero-order valence-electron chi connectivity index (χ0n) is 17.4. The van der Waals surface area contributed by atoms with Gasteiger partial charge in [0, 0.05) is 55.0 Å². The van der Waals surface area contributed by atoms with Crippen molar-refractivity contribution in [1.82, 2.24) is 15.1 Å². The Hall–Kier alpha value is -2.76. The number of hydrogen-bond acceptors (Lipinski definition) is 6. The number of allylic oxidation sites excluding steroid dienone is 1. The molecule has 4 rings (SSSR count). The molecule has 8 nitrogen and oxygen atoms in total. The summed E-state index contributed by atoms with van der Waals surface area (Å²) in [4.78, 5) is 14.3. The first-order valence-electron chi connectivity index (χ1n) is 10.2. The fourth-order valence-corrected chi connectivity index (χ4v) is 3.88. The van der Waals surface area contributed by atoms with Gasteiger partial charge in [-0.05, 0) is 18.2 Å². The summed E-state index contributed by atoms with van der Waals surface area (Å²) in [6.07, 6.45) is -3.52. The number of carbonyl (C=O) groups excluding carboxylic acids is 1. The van der Waals surface area contributed by atoms with Crippen molar-refractivity contribution < 1.29 is 32.5 Å². The molecule has 12 heteroatoms. The van der Waals surface area contributed by atoms with E-state index in [2.05, 4.69) is 21.7 Å². The van der Waals surface area contributed by atoms with Crippen molar-refractivity contribution in [3.05, 3.63) is 53.5 Å². The van der Waals surface area contributed by atoms with Gasteiger partial charge < -0.3 is 20.1 Å². The van der Waals surface area contributed by atoms with Crippen LogP contribution >= 0.6 is 11.6 Å². The number of aliphatic hydroxyl groups is 1. The molecule has 0 bridgehead atoms. The highest BCUT2D eigenvalue weighted by molar-refractivity contribution is 6.30. The maximum atomic E-state index is 12.6. The van der Waals surface area contributed by atoms with Crippen LogP contribution in [0.25, 0.3) is 0 Å². The predicted octanol–water partition coefficient (Wildman–Crippen LogP) is 3.17. The molecule has 2 N–H and O–H groups in total. The number of aromatic nitrogens is 2. The van der Waals surface area contributed by atoms with Crippen molar-refractivity contribution in [3.8, 4) is 5.75 Å². The van der Waals surface area contributed by atoms with Crippen LogP contribution in [0.3, 0.4) is 0 Å². The number of amides is 1. The third-order valence-electron chi connectivity index (χ3n) is 5.41. The first kappa shape index (κ1) is 23.4. The number of rotatable bonds is 7. The van der Waals surface area contributed by atoms with Crippen LogP contribution < -0.4 is 15.0 Å². The van der Waals surface area contributed by atoms with Crippen LogP contribution in [0.5, 0.6) is 5.75 Å². The molecule has 1 aromatic heterocycles. The van der Waals surface area contributed by atoms with Gasteiger partial charge in [0.2, 0.25) is 0 Å². The minimum Gasteiger partial charge on any atom is -0.480 e. The highest BCUT2D eigenvalue weighted by Crippen LogP contribution is 2.36. The molecule has 2 aliphatic rings. The zero-order valence-corrected chi connectivity index (χ0v) is 18.1. The maximum Gasteiger partial charge on any atom is 0.522 e. The van der Waals surface area contributed by atoms with E-state index < -0.39 is 30.6 Å². The zero-order chi connectivity index (χ0) is 23.8. The summed E-state index contributed by atoms with van der Waals surface area (Å²) in [5, 5.41) is 17.7. The number of nitrogens with zero attached hydrogens (tertiary/aromatic N) is 3. The van der Waals surface area contributed by atoms with E-state index in [9.17, 15) is 23.1 Å². The van der Waals surface area contributed by atoms with Crippen LogP contribution in [0.1, 0.15) is 24.5 Å². The van der Waals surface area contributed by atoms with Gasteiger partial charge in [0.05, 0.1) is 18.0 Å². The summed E-state index contributed by atoms with van der Waals surface area (Å²) in [6.45, 7) is 4.53. The van der Waals surface area contributed by atoms with Crippen LogP contribution in [0, 0.1) is 0 Å². The highest BCUT2D eigenvalue weighted by Gasteiger charge is 2.39. The lowest BCUT2D eigenvalue weighted by Crippen LogP contribution is -2.54. The molecule has 2 atom stereocenters. The number of aryl methyl sites for hydroxylation is 1. The summed E-state index contributed by atoms with van der Waals surface area (Å²) in [5.41, 5.74) is 1.67. The minimum absolute atomic E-state index is 0.0872. The van der Waals surface area contributed by atoms with Crippen LogP contribution in [0.15, 0.2) is 42.9 Å². The molecular formula is C21H22ClF3N4O4. The Labute approximate surface area is 192 Å². The third kappa shape index (κ3) is 5.79. The minimum atomic E-state index is -4.64. The Balaban J connectivity index is 1.23. The standard InChI is InChI=1S/C21H22ClF3N4O4/c1-12(27-20(31)19-7-17(30)16-6-13(22)2-3-18(16)32-19)4-5-29-9-14(8-26-29)28-10-15(11-28)33-21(23,24)25/h2-3,6,8-9,15,17,19,30H,1,4-5,7,10-11H2,(H,27,31)/t17-,19-/m1/s1. The van der Waals surface area contributed by atoms with E-state index in [-0.39, 0.29) is 19.5 Å². The number of nitrogens with one attached hydrogen (secondary N) is 1. The van der Waals surface area contributed by atoms with Gasteiger partial charge in [-0.2, -0.15) is 5.10 Å². The molecule has 1 aromatic carbocycles. The molecule has 0 aliphatic carbocycles. The van der Waals surface area contributed by atoms with E-state index in [1.165, 1.54) is 0 Å². The molecule has 33 heavy (non-hydrogen) atoms. The van der Waals surface area contributed by atoms with E-state index in [0.29, 0.717) is 40.7 Å². The van der Waals surface area contributed by atoms with Crippen molar-refractivity contribution in [3.63, 3.8) is 0 Å². The van der Waals surface area contributed by atoms with Gasteiger partial charge in [-0.3, -0.25) is 14.2 Å². The third-order valence-corrected chi connectivity index (χ3v) is 5.64. The fraction of sp³-hybridized carbons (Fsp3) is 0.429. The molecule has 0 unspecified atom stereocenters. The molecule has 1 fully saturated rings. The SMILES string of the molecule is C=C(CCn1cc(N2CC(OC(F)(F)F)C2)cn1)NC(=O)[C@H]1C[C@@H](O)c2cc(Cl)ccc2O1. The molecule has 1 amide bonds. The second-order valence-corrected chi connectivity index (χ2v) is 8.37. The van der Waals surface area contributed by atoms with Crippen LogP contribution in [-0.2, 0) is 16.1 Å². The summed E-state index contributed by atoms with van der Waals surface area (Å²) in [6, 6.07) is 4.84. The fourth-order valence-electron chi connectivity index (χ4n) is 3.70. The van der Waals surface area contributed by atoms with Crippen molar-refractivity contribution in [1.29, 1.82) is 0 Å². The Kier molecular flexibility index (Phi) is 6.55. The molecule has 0 radical (unpaired) electrons. The van der Waals surface area contributed by atoms with E-state index in [4.69, 9.17) is 16.3 Å². The van der Waals surface area contributed by atoms with E-state index in [1.54, 1.807) is 40.2 Å². The van der Waals surface area contributed by atoms with Crippen molar-refractivity contribution in [2.75, 3.05) is 18.0 Å². The number of halogens is 4. The number of ether oxygens (including phenoxy) is 2. The van der Waals surface area contributed by atoms with Crippen molar-refractivity contribution >= 4 is 23.2 Å². The molecule has 3 heterocycles. The van der Waals surface area contributed by atoms with Crippen molar-refractivity contribution in [2.45, 2.75) is 44.1 Å². The molecule has 0 spiro atoms. The Bertz CT molecular complexity index is 1040. The second-order valence-electron chi connectivity index (χ2n) is 7.94. The summed E-state index contributed by atoms with van der Waals surface area (Å²) < 4.78 is 48.0. The molecule has 0 saturated carbocycles. The number of aliphatic hydroxyl groups excluding tert-OH is 1. The molecule has 2 aromatic rings. The number of hydrogen-bond donors (Lipinski definition) is 2. The van der Waals surface area contributed by atoms with Crippen LogP contribution in [0.2, 0.25) is 5.02 Å². The first-order chi connectivity index (χ1) is 15.6. The van der Waals surface area contributed by atoms with E-state index in [0.717, 1.165) is 0 Å². The topological polar surface area (TPSA) is 88.9 Å². The number of alkyl halides is 3. The Morgan fingerprint density at radius 1 is 1.39 bits per heavy atom. The Morgan fingerprint density at radius 2 is 2.15 bits per heavy atom. The second kappa shape index (κ2) is 9.24. The average molecular weight is 487 g/mol. The van der Waals surface area contributed by atoms with Crippen LogP contribution in [0.4, 0.5) is 18.9 Å². The maximum absolute atomic E-state index is 12.6. The summed E-state index contributed by atoms with van der Waals surface area (Å²) >= 11 is 5.94. The largest absolute Gasteiger partial charge is 0.522 e. The van der Waals surface area contributed by atoms with E-state index in [1.807, 2.05) is 0 Å². The molecule has 2 aliphatic heterocycles. The lowest BCUT2D eigenvalue weighted by Gasteiger charge is -2.39. The number of carbonyl (C=O) groups is 1. The van der Waals surface area contributed by atoms with Crippen molar-refractivity contribution in [2.24, 2.45) is 0 Å². The van der Waals surface area contributed by atoms with Crippen LogP contribution in [-0.4, -0.2) is 52.5 Å². The average Bonchev–Trinajstić information content (AvgIpc) is 3.17. The highest BCUT2D eigenvalue weighted by atomic mass is 35.5. The molecular weight excluding hydrogens is 465 g/mol. The predicted molar refractivity (Wildman–Crippen MR) is 113 cm³/mol. The number of benzene rings is 1. The quantitative estimate of drug-likeness (QED) is 0.625. The monoisotopic (exact) mass is 486 g/mol. The van der Waals surface area contributed by atoms with Gasteiger partial charge in [-0.1, -0.05) is 18.2 Å². The molecule has 178 valence electrons. The van der Waals surface area contributed by atoms with Gasteiger partial charge in [-0.15, -0.1) is 13.2 Å². The lowest BCUT2D eigenvalue weighted by atomic mass is 9.98. The van der Waals surface area contributed by atoms with Gasteiger partial charge >= 0.3 is 6.36 Å². The van der Waals surface area contributed by atoms with Gasteiger partial charge in [0.15, 0.2) is 6.10 Å². The summed E-state index contributed by atoms with van der Waals surface area (Å²) in [5.74, 6) is -0.0149. The number of anilines is 1. The normalized spacial score (nSPS) is 20.6. The van der Waals surface area contributed by atoms with Gasteiger partial charge in [0.1, 0.15) is 11.9 Å². The Morgan fingerprint density at radius 3 is 2.88 bits per heavy atom. The summed E-state index contributed by atoms with van der Waals surface area (Å²) in [7, 11) is 0. The smallest absolute Gasteiger partial charge is 0.480 e. The molecule has 1 saturated heterocycles. The van der Waals surface area contributed by atoms with E-state index >= 15 is 0 Å². The lowest BCUT2D eigenvalue weighted by molar-refractivity contribution is -0.344. The van der Waals surface area contributed by atoms with Gasteiger partial charge in [0.25, 0.3) is 5.91 Å².